The van der Waals surface area contributed by atoms with E-state index in [2.05, 4.69) is 10.1 Å². The van der Waals surface area contributed by atoms with Gasteiger partial charge in [0.05, 0.1) is 19.1 Å². The monoisotopic (exact) mass is 226 g/mol. The number of esters is 1. The van der Waals surface area contributed by atoms with Gasteiger partial charge in [-0.2, -0.15) is 4.98 Å². The molecule has 0 N–H and O–H groups in total. The van der Waals surface area contributed by atoms with Gasteiger partial charge in [0.1, 0.15) is 0 Å². The summed E-state index contributed by atoms with van der Waals surface area (Å²) in [6.45, 7) is 2.81. The summed E-state index contributed by atoms with van der Waals surface area (Å²) in [5, 5.41) is 3.56. The van der Waals surface area contributed by atoms with Gasteiger partial charge in [-0.3, -0.25) is 0 Å². The van der Waals surface area contributed by atoms with Gasteiger partial charge in [-0.25, -0.2) is 4.79 Å². The number of hydrogen-bond acceptors (Lipinski definition) is 6. The van der Waals surface area contributed by atoms with Crippen molar-refractivity contribution in [3.05, 3.63) is 11.7 Å². The highest BCUT2D eigenvalue weighted by atomic mass is 16.5. The van der Waals surface area contributed by atoms with Crippen LogP contribution in [-0.2, 0) is 15.9 Å². The quantitative estimate of drug-likeness (QED) is 0.712. The molecule has 0 aliphatic carbocycles. The largest absolute Gasteiger partial charge is 0.460 e. The molecule has 6 heteroatoms. The van der Waals surface area contributed by atoms with Crippen LogP contribution in [0, 0.1) is 0 Å². The number of carbonyl (C=O) groups excluding carboxylic acids is 1. The van der Waals surface area contributed by atoms with Gasteiger partial charge in [-0.05, 0) is 24.9 Å². The number of carbonyl (C=O) groups is 1. The number of aromatic nitrogens is 2. The van der Waals surface area contributed by atoms with Crippen LogP contribution in [0.25, 0.3) is 0 Å². The number of ether oxygens (including phenoxy) is 2. The number of hydrogen-bond donors (Lipinski definition) is 0. The summed E-state index contributed by atoms with van der Waals surface area (Å²) >= 11 is 0. The van der Waals surface area contributed by atoms with Crippen LogP contribution in [0.15, 0.2) is 4.52 Å². The second-order valence-electron chi connectivity index (χ2n) is 3.57. The van der Waals surface area contributed by atoms with Crippen LogP contribution in [-0.4, -0.2) is 35.4 Å². The molecule has 2 rings (SSSR count). The Hall–Kier alpha value is -1.43. The van der Waals surface area contributed by atoms with E-state index in [0.717, 1.165) is 19.4 Å². The van der Waals surface area contributed by atoms with E-state index >= 15 is 0 Å². The van der Waals surface area contributed by atoms with Gasteiger partial charge in [-0.15, -0.1) is 0 Å². The fourth-order valence-electron chi connectivity index (χ4n) is 1.62. The summed E-state index contributed by atoms with van der Waals surface area (Å²) in [5.41, 5.74) is 0. The molecule has 1 atom stereocenters. The lowest BCUT2D eigenvalue weighted by atomic mass is 10.2. The van der Waals surface area contributed by atoms with Crippen LogP contribution in [0.5, 0.6) is 0 Å². The van der Waals surface area contributed by atoms with E-state index in [1.54, 1.807) is 6.92 Å². The fraction of sp³-hybridized carbons (Fsp3) is 0.700. The van der Waals surface area contributed by atoms with Gasteiger partial charge >= 0.3 is 5.97 Å². The third kappa shape index (κ3) is 2.57. The van der Waals surface area contributed by atoms with Crippen LogP contribution < -0.4 is 0 Å². The van der Waals surface area contributed by atoms with Gasteiger partial charge in [0, 0.05) is 6.61 Å². The van der Waals surface area contributed by atoms with Gasteiger partial charge in [0.25, 0.3) is 5.82 Å². The van der Waals surface area contributed by atoms with Gasteiger partial charge in [-0.1, -0.05) is 0 Å². The Kier molecular flexibility index (Phi) is 3.51. The molecule has 0 spiro atoms. The third-order valence-electron chi connectivity index (χ3n) is 2.35. The van der Waals surface area contributed by atoms with Crippen molar-refractivity contribution in [2.45, 2.75) is 32.3 Å². The second kappa shape index (κ2) is 5.07. The van der Waals surface area contributed by atoms with Gasteiger partial charge < -0.3 is 14.0 Å². The molecule has 1 fully saturated rings. The lowest BCUT2D eigenvalue weighted by Gasteiger charge is -2.03. The zero-order valence-electron chi connectivity index (χ0n) is 9.14. The molecule has 0 saturated carbocycles. The summed E-state index contributed by atoms with van der Waals surface area (Å²) in [7, 11) is 0. The lowest BCUT2D eigenvalue weighted by Crippen LogP contribution is -2.10. The first kappa shape index (κ1) is 11.1. The van der Waals surface area contributed by atoms with Crippen LogP contribution in [0.4, 0.5) is 0 Å². The highest BCUT2D eigenvalue weighted by Crippen LogP contribution is 2.16. The van der Waals surface area contributed by atoms with Crippen molar-refractivity contribution in [3.63, 3.8) is 0 Å². The SMILES string of the molecule is CCOC(=O)c1noc(CC2CCCO2)n1. The van der Waals surface area contributed by atoms with Crippen molar-refractivity contribution in [2.24, 2.45) is 0 Å². The molecular formula is C10H14N2O4. The smallest absolute Gasteiger partial charge is 0.379 e. The molecule has 88 valence electrons. The Labute approximate surface area is 92.9 Å². The number of nitrogens with zero attached hydrogens (tertiary/aromatic N) is 2. The third-order valence-corrected chi connectivity index (χ3v) is 2.35. The van der Waals surface area contributed by atoms with Crippen LogP contribution in [0.3, 0.4) is 0 Å². The molecule has 2 heterocycles. The van der Waals surface area contributed by atoms with E-state index in [1.165, 1.54) is 0 Å². The van der Waals surface area contributed by atoms with Crippen LogP contribution >= 0.6 is 0 Å². The van der Waals surface area contributed by atoms with Gasteiger partial charge in [0.15, 0.2) is 0 Å². The van der Waals surface area contributed by atoms with Crippen LogP contribution in [0.2, 0.25) is 0 Å². The van der Waals surface area contributed by atoms with E-state index < -0.39 is 5.97 Å². The summed E-state index contributed by atoms with van der Waals surface area (Å²) in [5.74, 6) is -0.144. The van der Waals surface area contributed by atoms with Crippen molar-refractivity contribution in [3.8, 4) is 0 Å². The first-order valence-corrected chi connectivity index (χ1v) is 5.41. The molecule has 0 amide bonds. The Balaban J connectivity index is 1.93. The van der Waals surface area contributed by atoms with Crippen molar-refractivity contribution in [2.75, 3.05) is 13.2 Å². The average molecular weight is 226 g/mol. The van der Waals surface area contributed by atoms with E-state index in [9.17, 15) is 4.79 Å². The maximum absolute atomic E-state index is 11.3. The van der Waals surface area contributed by atoms with Crippen molar-refractivity contribution in [1.82, 2.24) is 10.1 Å². The summed E-state index contributed by atoms with van der Waals surface area (Å²) in [4.78, 5) is 15.2. The molecule has 0 bridgehead atoms. The second-order valence-corrected chi connectivity index (χ2v) is 3.57. The predicted octanol–water partition coefficient (Wildman–Crippen LogP) is 0.968. The Morgan fingerprint density at radius 1 is 1.62 bits per heavy atom. The Bertz CT molecular complexity index is 357. The van der Waals surface area contributed by atoms with Crippen molar-refractivity contribution < 1.29 is 18.8 Å². The molecule has 1 saturated heterocycles. The van der Waals surface area contributed by atoms with Gasteiger partial charge in [0.2, 0.25) is 5.89 Å². The highest BCUT2D eigenvalue weighted by molar-refractivity contribution is 5.84. The zero-order valence-corrected chi connectivity index (χ0v) is 9.14. The topological polar surface area (TPSA) is 74.5 Å². The molecule has 1 aromatic heterocycles. The molecule has 0 aromatic carbocycles. The molecule has 0 radical (unpaired) electrons. The predicted molar refractivity (Wildman–Crippen MR) is 52.9 cm³/mol. The molecule has 1 unspecified atom stereocenters. The maximum Gasteiger partial charge on any atom is 0.379 e. The van der Waals surface area contributed by atoms with E-state index in [-0.39, 0.29) is 11.9 Å². The summed E-state index contributed by atoms with van der Waals surface area (Å²) < 4.78 is 15.1. The summed E-state index contributed by atoms with van der Waals surface area (Å²) in [6, 6.07) is 0. The molecule has 1 aliphatic heterocycles. The van der Waals surface area contributed by atoms with E-state index in [4.69, 9.17) is 14.0 Å². The highest BCUT2D eigenvalue weighted by Gasteiger charge is 2.21. The minimum absolute atomic E-state index is 0.0187. The minimum Gasteiger partial charge on any atom is -0.460 e. The number of rotatable bonds is 4. The Morgan fingerprint density at radius 3 is 3.19 bits per heavy atom. The average Bonchev–Trinajstić information content (AvgIpc) is 2.90. The van der Waals surface area contributed by atoms with E-state index in [0.29, 0.717) is 18.9 Å². The normalized spacial score (nSPS) is 19.9. The van der Waals surface area contributed by atoms with Crippen LogP contribution in [0.1, 0.15) is 36.3 Å². The maximum atomic E-state index is 11.3. The lowest BCUT2D eigenvalue weighted by molar-refractivity contribution is 0.0508. The Morgan fingerprint density at radius 2 is 2.50 bits per heavy atom. The first-order chi connectivity index (χ1) is 7.79. The van der Waals surface area contributed by atoms with Crippen molar-refractivity contribution >= 4 is 5.97 Å². The fourth-order valence-corrected chi connectivity index (χ4v) is 1.62. The van der Waals surface area contributed by atoms with E-state index in [1.807, 2.05) is 0 Å². The zero-order chi connectivity index (χ0) is 11.4. The molecular weight excluding hydrogens is 212 g/mol. The molecule has 6 nitrogen and oxygen atoms in total. The first-order valence-electron chi connectivity index (χ1n) is 5.41. The molecule has 16 heavy (non-hydrogen) atoms. The standard InChI is InChI=1S/C10H14N2O4/c1-2-14-10(13)9-11-8(16-12-9)6-7-4-3-5-15-7/h7H,2-6H2,1H3. The van der Waals surface area contributed by atoms with Crippen molar-refractivity contribution in [1.29, 1.82) is 0 Å². The minimum atomic E-state index is -0.551. The molecule has 1 aliphatic rings. The summed E-state index contributed by atoms with van der Waals surface area (Å²) in [6.07, 6.45) is 2.75. The molecule has 1 aromatic rings.